The van der Waals surface area contributed by atoms with Crippen LogP contribution in [0, 0.1) is 5.92 Å². The third kappa shape index (κ3) is 5.96. The zero-order valence-corrected chi connectivity index (χ0v) is 17.1. The number of likely N-dealkylation sites (N-methyl/N-ethyl adjacent to an activating group) is 1. The van der Waals surface area contributed by atoms with Crippen molar-refractivity contribution in [2.75, 3.05) is 33.3 Å². The number of likely N-dealkylation sites (tertiary alicyclic amines) is 1. The monoisotopic (exact) mass is 387 g/mol. The highest BCUT2D eigenvalue weighted by atomic mass is 16.5. The van der Waals surface area contributed by atoms with Gasteiger partial charge in [0.05, 0.1) is 18.9 Å². The maximum Gasteiger partial charge on any atom is 0.226 e. The Morgan fingerprint density at radius 3 is 2.71 bits per heavy atom. The van der Waals surface area contributed by atoms with E-state index in [1.807, 2.05) is 35.2 Å². The highest BCUT2D eigenvalue weighted by Crippen LogP contribution is 2.26. The smallest absolute Gasteiger partial charge is 0.226 e. The second-order valence-corrected chi connectivity index (χ2v) is 8.08. The quantitative estimate of drug-likeness (QED) is 0.706. The number of hydrogen-bond acceptors (Lipinski definition) is 4. The molecule has 1 heterocycles. The topological polar surface area (TPSA) is 61.9 Å². The van der Waals surface area contributed by atoms with Gasteiger partial charge >= 0.3 is 0 Å². The first-order valence-corrected chi connectivity index (χ1v) is 10.5. The van der Waals surface area contributed by atoms with Gasteiger partial charge in [-0.2, -0.15) is 0 Å². The standard InChI is InChI=1S/C22H33N3O3/c1-17(24(2)19-10-11-19)15-23-22(27)18-7-6-13-25(16-18)21(26)12-14-28-20-8-4-3-5-9-20/h3-5,8-9,17-19H,6-7,10-16H2,1-2H3,(H,23,27). The molecule has 6 nitrogen and oxygen atoms in total. The molecule has 1 aromatic carbocycles. The molecule has 2 unspecified atom stereocenters. The molecule has 0 spiro atoms. The molecule has 1 saturated carbocycles. The van der Waals surface area contributed by atoms with Gasteiger partial charge in [-0.15, -0.1) is 0 Å². The Hall–Kier alpha value is -2.08. The highest BCUT2D eigenvalue weighted by molar-refractivity contribution is 5.81. The summed E-state index contributed by atoms with van der Waals surface area (Å²) in [5, 5.41) is 3.10. The molecular weight excluding hydrogens is 354 g/mol. The first kappa shape index (κ1) is 20.6. The normalized spacial score (nSPS) is 20.7. The van der Waals surface area contributed by atoms with Crippen molar-refractivity contribution in [3.05, 3.63) is 30.3 Å². The van der Waals surface area contributed by atoms with Crippen molar-refractivity contribution in [3.63, 3.8) is 0 Å². The van der Waals surface area contributed by atoms with Crippen LogP contribution in [-0.2, 0) is 9.59 Å². The Morgan fingerprint density at radius 1 is 1.25 bits per heavy atom. The number of carbonyl (C=O) groups is 2. The molecule has 154 valence electrons. The first-order chi connectivity index (χ1) is 13.5. The number of nitrogens with one attached hydrogen (secondary N) is 1. The molecule has 0 bridgehead atoms. The largest absolute Gasteiger partial charge is 0.493 e. The average Bonchev–Trinajstić information content (AvgIpc) is 3.57. The minimum atomic E-state index is -0.105. The van der Waals surface area contributed by atoms with Crippen molar-refractivity contribution in [1.29, 1.82) is 0 Å². The number of ether oxygens (including phenoxy) is 1. The molecule has 0 radical (unpaired) electrons. The molecule has 1 aliphatic heterocycles. The molecule has 2 aliphatic rings. The lowest BCUT2D eigenvalue weighted by Crippen LogP contribution is -2.48. The predicted molar refractivity (Wildman–Crippen MR) is 109 cm³/mol. The number of nitrogens with zero attached hydrogens (tertiary/aromatic N) is 2. The van der Waals surface area contributed by atoms with Crippen LogP contribution in [0.15, 0.2) is 30.3 Å². The van der Waals surface area contributed by atoms with Crippen molar-refractivity contribution < 1.29 is 14.3 Å². The number of benzene rings is 1. The summed E-state index contributed by atoms with van der Waals surface area (Å²) >= 11 is 0. The van der Waals surface area contributed by atoms with E-state index in [-0.39, 0.29) is 17.7 Å². The van der Waals surface area contributed by atoms with E-state index in [1.165, 1.54) is 12.8 Å². The summed E-state index contributed by atoms with van der Waals surface area (Å²) < 4.78 is 5.62. The Labute approximate surface area is 168 Å². The lowest BCUT2D eigenvalue weighted by atomic mass is 9.96. The van der Waals surface area contributed by atoms with E-state index in [9.17, 15) is 9.59 Å². The predicted octanol–water partition coefficient (Wildman–Crippen LogP) is 2.29. The van der Waals surface area contributed by atoms with Gasteiger partial charge in [0, 0.05) is 31.7 Å². The van der Waals surface area contributed by atoms with Gasteiger partial charge in [0.1, 0.15) is 5.75 Å². The van der Waals surface area contributed by atoms with E-state index < -0.39 is 0 Å². The van der Waals surface area contributed by atoms with Crippen molar-refractivity contribution in [2.24, 2.45) is 5.92 Å². The number of hydrogen-bond donors (Lipinski definition) is 1. The third-order valence-corrected chi connectivity index (χ3v) is 5.86. The number of piperidine rings is 1. The minimum Gasteiger partial charge on any atom is -0.493 e. The van der Waals surface area contributed by atoms with E-state index in [1.54, 1.807) is 0 Å². The van der Waals surface area contributed by atoms with Crippen LogP contribution >= 0.6 is 0 Å². The Kier molecular flexibility index (Phi) is 7.31. The van der Waals surface area contributed by atoms with Crippen LogP contribution in [0.4, 0.5) is 0 Å². The molecule has 1 aromatic rings. The second kappa shape index (κ2) is 9.92. The van der Waals surface area contributed by atoms with Gasteiger partial charge in [-0.05, 0) is 51.8 Å². The fourth-order valence-corrected chi connectivity index (χ4v) is 3.73. The molecule has 2 atom stereocenters. The minimum absolute atomic E-state index is 0.0651. The number of carbonyl (C=O) groups excluding carboxylic acids is 2. The average molecular weight is 388 g/mol. The van der Waals surface area contributed by atoms with Gasteiger partial charge in [-0.3, -0.25) is 14.5 Å². The second-order valence-electron chi connectivity index (χ2n) is 8.08. The summed E-state index contributed by atoms with van der Waals surface area (Å²) in [6.07, 6.45) is 4.60. The van der Waals surface area contributed by atoms with Crippen LogP contribution in [0.1, 0.15) is 39.0 Å². The highest BCUT2D eigenvalue weighted by Gasteiger charge is 2.31. The Bertz CT molecular complexity index is 648. The van der Waals surface area contributed by atoms with Crippen molar-refractivity contribution in [1.82, 2.24) is 15.1 Å². The molecule has 1 saturated heterocycles. The van der Waals surface area contributed by atoms with Crippen LogP contribution < -0.4 is 10.1 Å². The van der Waals surface area contributed by atoms with Crippen LogP contribution in [0.5, 0.6) is 5.75 Å². The first-order valence-electron chi connectivity index (χ1n) is 10.5. The van der Waals surface area contributed by atoms with Gasteiger partial charge in [0.15, 0.2) is 0 Å². The SMILES string of the molecule is CC(CNC(=O)C1CCCN(C(=O)CCOc2ccccc2)C1)N(C)C1CC1. The van der Waals surface area contributed by atoms with Crippen LogP contribution in [-0.4, -0.2) is 67.0 Å². The number of amides is 2. The number of para-hydroxylation sites is 1. The summed E-state index contributed by atoms with van der Waals surface area (Å²) in [5.41, 5.74) is 0. The van der Waals surface area contributed by atoms with Gasteiger partial charge < -0.3 is 15.0 Å². The maximum atomic E-state index is 12.6. The molecule has 2 fully saturated rings. The molecule has 1 N–H and O–H groups in total. The lowest BCUT2D eigenvalue weighted by Gasteiger charge is -2.33. The molecule has 3 rings (SSSR count). The van der Waals surface area contributed by atoms with Gasteiger partial charge in [-0.1, -0.05) is 18.2 Å². The lowest BCUT2D eigenvalue weighted by molar-refractivity contribution is -0.136. The molecule has 1 aliphatic carbocycles. The Morgan fingerprint density at radius 2 is 2.00 bits per heavy atom. The molecule has 0 aromatic heterocycles. The maximum absolute atomic E-state index is 12.6. The summed E-state index contributed by atoms with van der Waals surface area (Å²) in [6.45, 7) is 4.43. The molecule has 2 amide bonds. The van der Waals surface area contributed by atoms with Crippen LogP contribution in [0.2, 0.25) is 0 Å². The summed E-state index contributed by atoms with van der Waals surface area (Å²) in [7, 11) is 2.13. The molecule has 28 heavy (non-hydrogen) atoms. The fraction of sp³-hybridized carbons (Fsp3) is 0.636. The van der Waals surface area contributed by atoms with Gasteiger partial charge in [0.25, 0.3) is 0 Å². The van der Waals surface area contributed by atoms with E-state index in [2.05, 4.69) is 24.2 Å². The van der Waals surface area contributed by atoms with Gasteiger partial charge in [-0.25, -0.2) is 0 Å². The Balaban J connectivity index is 1.38. The molecular formula is C22H33N3O3. The fourth-order valence-electron chi connectivity index (χ4n) is 3.73. The van der Waals surface area contributed by atoms with Crippen LogP contribution in [0.25, 0.3) is 0 Å². The van der Waals surface area contributed by atoms with E-state index in [4.69, 9.17) is 4.74 Å². The zero-order valence-electron chi connectivity index (χ0n) is 17.1. The zero-order chi connectivity index (χ0) is 19.9. The van der Waals surface area contributed by atoms with E-state index >= 15 is 0 Å². The van der Waals surface area contributed by atoms with Crippen molar-refractivity contribution >= 4 is 11.8 Å². The molecule has 6 heteroatoms. The van der Waals surface area contributed by atoms with Crippen molar-refractivity contribution in [3.8, 4) is 5.75 Å². The number of rotatable bonds is 9. The summed E-state index contributed by atoms with van der Waals surface area (Å²) in [6, 6.07) is 10.5. The summed E-state index contributed by atoms with van der Waals surface area (Å²) in [4.78, 5) is 29.3. The van der Waals surface area contributed by atoms with Crippen LogP contribution in [0.3, 0.4) is 0 Å². The third-order valence-electron chi connectivity index (χ3n) is 5.86. The van der Waals surface area contributed by atoms with Gasteiger partial charge in [0.2, 0.25) is 11.8 Å². The van der Waals surface area contributed by atoms with Crippen molar-refractivity contribution in [2.45, 2.75) is 51.1 Å². The summed E-state index contributed by atoms with van der Waals surface area (Å²) in [5.74, 6) is 0.812. The van der Waals surface area contributed by atoms with E-state index in [0.29, 0.717) is 38.2 Å². The van der Waals surface area contributed by atoms with E-state index in [0.717, 1.165) is 25.1 Å².